The third-order valence-electron chi connectivity index (χ3n) is 8.02. The van der Waals surface area contributed by atoms with E-state index in [1.54, 1.807) is 6.20 Å². The minimum atomic E-state index is -2.91. The van der Waals surface area contributed by atoms with Crippen molar-refractivity contribution in [2.24, 2.45) is 17.8 Å². The van der Waals surface area contributed by atoms with Crippen LogP contribution in [0, 0.1) is 17.8 Å². The van der Waals surface area contributed by atoms with Crippen molar-refractivity contribution in [1.29, 1.82) is 0 Å². The number of sulfone groups is 1. The van der Waals surface area contributed by atoms with E-state index in [-0.39, 0.29) is 11.5 Å². The van der Waals surface area contributed by atoms with E-state index in [1.165, 1.54) is 12.8 Å². The molecule has 1 aliphatic heterocycles. The van der Waals surface area contributed by atoms with E-state index in [2.05, 4.69) is 20.5 Å². The summed E-state index contributed by atoms with van der Waals surface area (Å²) in [7, 11) is -2.91. The van der Waals surface area contributed by atoms with E-state index in [4.69, 9.17) is 4.98 Å². The number of aliphatic hydroxyl groups is 1. The van der Waals surface area contributed by atoms with E-state index in [9.17, 15) is 13.5 Å². The van der Waals surface area contributed by atoms with Gasteiger partial charge in [-0.1, -0.05) is 6.07 Å². The van der Waals surface area contributed by atoms with Gasteiger partial charge in [-0.05, 0) is 74.1 Å². The Morgan fingerprint density at radius 2 is 1.82 bits per heavy atom. The van der Waals surface area contributed by atoms with Gasteiger partial charge in [0.1, 0.15) is 5.82 Å². The topological polar surface area (TPSA) is 107 Å². The lowest BCUT2D eigenvalue weighted by Gasteiger charge is -2.58. The zero-order chi connectivity index (χ0) is 22.6. The zero-order valence-corrected chi connectivity index (χ0v) is 19.5. The molecule has 5 aliphatic rings. The molecule has 4 bridgehead atoms. The summed E-state index contributed by atoms with van der Waals surface area (Å²) in [4.78, 5) is 11.2. The van der Waals surface area contributed by atoms with Gasteiger partial charge in [0.2, 0.25) is 5.95 Å². The maximum absolute atomic E-state index is 11.7. The molecule has 0 amide bonds. The smallest absolute Gasteiger partial charge is 0.229 e. The second-order valence-electron chi connectivity index (χ2n) is 10.4. The van der Waals surface area contributed by atoms with Crippen LogP contribution in [0.1, 0.15) is 32.1 Å². The fourth-order valence-electron chi connectivity index (χ4n) is 6.77. The van der Waals surface area contributed by atoms with E-state index in [0.717, 1.165) is 36.5 Å². The normalized spacial score (nSPS) is 34.3. The van der Waals surface area contributed by atoms with Crippen molar-refractivity contribution in [3.8, 4) is 0 Å². The van der Waals surface area contributed by atoms with Crippen molar-refractivity contribution in [1.82, 2.24) is 9.97 Å². The fraction of sp³-hybridized carbons (Fsp3) is 0.583. The Bertz CT molecular complexity index is 1130. The van der Waals surface area contributed by atoms with Crippen LogP contribution >= 0.6 is 0 Å². The summed E-state index contributed by atoms with van der Waals surface area (Å²) in [6, 6.07) is 10.2. The van der Waals surface area contributed by atoms with Crippen LogP contribution in [0.15, 0.2) is 36.5 Å². The van der Waals surface area contributed by atoms with Gasteiger partial charge < -0.3 is 20.6 Å². The Labute approximate surface area is 194 Å². The zero-order valence-electron chi connectivity index (χ0n) is 18.7. The highest BCUT2D eigenvalue weighted by Gasteiger charge is 2.54. The average Bonchev–Trinajstić information content (AvgIpc) is 2.76. The molecule has 0 radical (unpaired) electrons. The van der Waals surface area contributed by atoms with Crippen molar-refractivity contribution < 1.29 is 13.5 Å². The number of nitrogens with one attached hydrogen (secondary N) is 2. The Kier molecular flexibility index (Phi) is 5.03. The predicted octanol–water partition coefficient (Wildman–Crippen LogP) is 2.81. The number of benzene rings is 1. The molecule has 4 saturated carbocycles. The van der Waals surface area contributed by atoms with Gasteiger partial charge in [0.05, 0.1) is 17.1 Å². The van der Waals surface area contributed by atoms with Crippen molar-refractivity contribution in [2.75, 3.05) is 40.1 Å². The molecule has 2 atom stereocenters. The van der Waals surface area contributed by atoms with Crippen LogP contribution in [0.2, 0.25) is 0 Å². The molecule has 176 valence electrons. The van der Waals surface area contributed by atoms with Crippen LogP contribution in [-0.4, -0.2) is 59.7 Å². The van der Waals surface area contributed by atoms with Crippen LogP contribution < -0.4 is 15.5 Å². The quantitative estimate of drug-likeness (QED) is 0.614. The van der Waals surface area contributed by atoms with Crippen LogP contribution in [0.3, 0.4) is 0 Å². The van der Waals surface area contributed by atoms with Crippen molar-refractivity contribution in [3.63, 3.8) is 0 Å². The minimum absolute atomic E-state index is 0.197. The van der Waals surface area contributed by atoms with Gasteiger partial charge in [-0.3, -0.25) is 0 Å². The largest absolute Gasteiger partial charge is 0.390 e. The lowest BCUT2D eigenvalue weighted by molar-refractivity contribution is -0.129. The summed E-state index contributed by atoms with van der Waals surface area (Å²) in [5, 5.41) is 17.8. The Morgan fingerprint density at radius 3 is 2.55 bits per heavy atom. The van der Waals surface area contributed by atoms with Gasteiger partial charge in [0, 0.05) is 36.7 Å². The summed E-state index contributed by atoms with van der Waals surface area (Å²) in [6.07, 6.45) is 6.96. The van der Waals surface area contributed by atoms with Crippen LogP contribution in [-0.2, 0) is 9.84 Å². The Morgan fingerprint density at radius 1 is 1.06 bits per heavy atom. The average molecular weight is 470 g/mol. The molecular formula is C24H31N5O3S. The standard InChI is InChI=1S/C24H31N5O3S/c30-24-13-16-10-17(14-24)22(18(11-16)15-24)27-21-4-5-25-23(28-21)26-19-2-1-3-20(12-19)29-6-8-33(31,32)9-7-29/h1-5,12,16-18,22,30H,6-11,13-15H2,(H2,25,26,27,28)/t16?,17?,18?,22-,24-. The first-order chi connectivity index (χ1) is 15.8. The number of rotatable bonds is 5. The Balaban J connectivity index is 1.14. The van der Waals surface area contributed by atoms with Crippen molar-refractivity contribution >= 4 is 33.0 Å². The van der Waals surface area contributed by atoms with Gasteiger partial charge >= 0.3 is 0 Å². The monoisotopic (exact) mass is 469 g/mol. The third kappa shape index (κ3) is 4.28. The van der Waals surface area contributed by atoms with Crippen LogP contribution in [0.25, 0.3) is 0 Å². The summed E-state index contributed by atoms with van der Waals surface area (Å²) in [6.45, 7) is 1.03. The highest BCUT2D eigenvalue weighted by molar-refractivity contribution is 7.91. The lowest BCUT2D eigenvalue weighted by Crippen LogP contribution is -2.59. The van der Waals surface area contributed by atoms with E-state index >= 15 is 0 Å². The number of hydrogen-bond acceptors (Lipinski definition) is 8. The summed E-state index contributed by atoms with van der Waals surface area (Å²) < 4.78 is 23.5. The van der Waals surface area contributed by atoms with Crippen LogP contribution in [0.5, 0.6) is 0 Å². The van der Waals surface area contributed by atoms with Gasteiger partial charge in [-0.25, -0.2) is 13.4 Å². The molecule has 2 heterocycles. The number of aromatic nitrogens is 2. The number of nitrogens with zero attached hydrogens (tertiary/aromatic N) is 3. The highest BCUT2D eigenvalue weighted by Crippen LogP contribution is 2.56. The van der Waals surface area contributed by atoms with Crippen molar-refractivity contribution in [2.45, 2.75) is 43.7 Å². The first kappa shape index (κ1) is 21.2. The molecular weight excluding hydrogens is 438 g/mol. The molecule has 1 aromatic heterocycles. The molecule has 0 spiro atoms. The van der Waals surface area contributed by atoms with Gasteiger partial charge in [-0.2, -0.15) is 4.98 Å². The van der Waals surface area contributed by atoms with E-state index in [1.807, 2.05) is 30.3 Å². The van der Waals surface area contributed by atoms with E-state index < -0.39 is 15.4 Å². The fourth-order valence-corrected chi connectivity index (χ4v) is 7.97. The second-order valence-corrected chi connectivity index (χ2v) is 12.7. The van der Waals surface area contributed by atoms with Gasteiger partial charge in [-0.15, -0.1) is 0 Å². The second kappa shape index (κ2) is 7.84. The van der Waals surface area contributed by atoms with Crippen LogP contribution in [0.4, 0.5) is 23.1 Å². The SMILES string of the molecule is O=S1(=O)CCN(c2cccc(Nc3nccc(N[C@H]4C5CC6CC4C[C@](O)(C6)C5)n3)c2)CC1. The van der Waals surface area contributed by atoms with E-state index in [0.29, 0.717) is 42.8 Å². The molecule has 33 heavy (non-hydrogen) atoms. The van der Waals surface area contributed by atoms with Crippen molar-refractivity contribution in [3.05, 3.63) is 36.5 Å². The predicted molar refractivity (Wildman–Crippen MR) is 129 cm³/mol. The maximum atomic E-state index is 11.7. The molecule has 5 fully saturated rings. The molecule has 1 saturated heterocycles. The first-order valence-corrected chi connectivity index (χ1v) is 13.8. The Hall–Kier alpha value is -2.39. The number of anilines is 4. The number of hydrogen-bond donors (Lipinski definition) is 3. The summed E-state index contributed by atoms with van der Waals surface area (Å²) in [5.74, 6) is 3.44. The summed E-state index contributed by atoms with van der Waals surface area (Å²) in [5.41, 5.74) is 1.43. The molecule has 9 heteroatoms. The minimum Gasteiger partial charge on any atom is -0.390 e. The van der Waals surface area contributed by atoms with Gasteiger partial charge in [0.25, 0.3) is 0 Å². The van der Waals surface area contributed by atoms with Gasteiger partial charge in [0.15, 0.2) is 9.84 Å². The molecule has 8 nitrogen and oxygen atoms in total. The summed E-state index contributed by atoms with van der Waals surface area (Å²) >= 11 is 0. The molecule has 4 aliphatic carbocycles. The molecule has 2 aromatic rings. The highest BCUT2D eigenvalue weighted by atomic mass is 32.2. The molecule has 7 rings (SSSR count). The molecule has 2 unspecified atom stereocenters. The third-order valence-corrected chi connectivity index (χ3v) is 9.63. The maximum Gasteiger partial charge on any atom is 0.229 e. The molecule has 1 aromatic carbocycles. The first-order valence-electron chi connectivity index (χ1n) is 12.0. The lowest BCUT2D eigenvalue weighted by atomic mass is 9.52. The molecule has 3 N–H and O–H groups in total.